The quantitative estimate of drug-likeness (QED) is 0.346. The lowest BCUT2D eigenvalue weighted by molar-refractivity contribution is -0.141. The second-order valence-corrected chi connectivity index (χ2v) is 8.16. The van der Waals surface area contributed by atoms with Gasteiger partial charge in [-0.2, -0.15) is 0 Å². The van der Waals surface area contributed by atoms with Crippen LogP contribution in [0.4, 0.5) is 0 Å². The molecule has 178 valence electrons. The minimum atomic E-state index is -0.516. The number of nitrogens with two attached hydrogens (primary N) is 1. The number of hydrogen-bond donors (Lipinski definition) is 2. The summed E-state index contributed by atoms with van der Waals surface area (Å²) in [6.45, 7) is 0.343. The highest BCUT2D eigenvalue weighted by Gasteiger charge is 2.19. The molecule has 35 heavy (non-hydrogen) atoms. The molecule has 0 unspecified atom stereocenters. The van der Waals surface area contributed by atoms with Crippen LogP contribution < -0.4 is 15.8 Å². The fraction of sp³-hybridized carbons (Fsp3) is 0.172. The van der Waals surface area contributed by atoms with Gasteiger partial charge in [-0.25, -0.2) is 0 Å². The van der Waals surface area contributed by atoms with E-state index in [0.29, 0.717) is 6.61 Å². The van der Waals surface area contributed by atoms with Crippen molar-refractivity contribution in [3.05, 3.63) is 102 Å². The van der Waals surface area contributed by atoms with Gasteiger partial charge in [0.15, 0.2) is 0 Å². The molecule has 0 radical (unpaired) electrons. The maximum Gasteiger partial charge on any atom is 0.307 e. The Hall–Kier alpha value is -4.16. The normalized spacial score (nSPS) is 11.6. The van der Waals surface area contributed by atoms with Crippen LogP contribution in [0.3, 0.4) is 0 Å². The topological polar surface area (TPSA) is 90.7 Å². The molecule has 4 aromatic rings. The Balaban J connectivity index is 1.61. The lowest BCUT2D eigenvalue weighted by Gasteiger charge is -2.18. The summed E-state index contributed by atoms with van der Waals surface area (Å²) >= 11 is 0. The summed E-state index contributed by atoms with van der Waals surface area (Å²) in [5.41, 5.74) is 9.43. The highest BCUT2D eigenvalue weighted by molar-refractivity contribution is 6.00. The first kappa shape index (κ1) is 24.0. The Bertz CT molecular complexity index is 1290. The maximum absolute atomic E-state index is 11.9. The van der Waals surface area contributed by atoms with E-state index in [1.54, 1.807) is 0 Å². The van der Waals surface area contributed by atoms with E-state index in [9.17, 15) is 9.59 Å². The van der Waals surface area contributed by atoms with Crippen molar-refractivity contribution in [2.75, 3.05) is 13.7 Å². The van der Waals surface area contributed by atoms with Gasteiger partial charge in [0.25, 0.3) is 0 Å². The second kappa shape index (κ2) is 11.3. The molecule has 0 aliphatic heterocycles. The molecular formula is C29H28N2O4. The van der Waals surface area contributed by atoms with E-state index in [1.165, 1.54) is 7.11 Å². The number of carbonyl (C=O) groups excluding carboxylic acids is 2. The molecule has 4 rings (SSSR count). The molecule has 0 saturated carbocycles. The number of fused-ring (bicyclic) bond motifs is 1. The Morgan fingerprint density at radius 3 is 2.23 bits per heavy atom. The number of methoxy groups -OCH3 is 1. The number of hydrogen-bond acceptors (Lipinski definition) is 5. The van der Waals surface area contributed by atoms with Gasteiger partial charge in [-0.05, 0) is 33.7 Å². The van der Waals surface area contributed by atoms with E-state index in [1.807, 2.05) is 72.8 Å². The molecule has 1 amide bonds. The molecule has 0 aromatic heterocycles. The zero-order chi connectivity index (χ0) is 24.6. The van der Waals surface area contributed by atoms with Crippen molar-refractivity contribution in [3.63, 3.8) is 0 Å². The third kappa shape index (κ3) is 5.86. The third-order valence-electron chi connectivity index (χ3n) is 5.86. The van der Waals surface area contributed by atoms with Crippen molar-refractivity contribution in [3.8, 4) is 16.9 Å². The van der Waals surface area contributed by atoms with E-state index in [0.717, 1.165) is 38.8 Å². The summed E-state index contributed by atoms with van der Waals surface area (Å²) in [7, 11) is 1.32. The van der Waals surface area contributed by atoms with Crippen LogP contribution in [0.25, 0.3) is 21.9 Å². The summed E-state index contributed by atoms with van der Waals surface area (Å²) in [6, 6.07) is 29.6. The first-order valence-electron chi connectivity index (χ1n) is 11.4. The first-order chi connectivity index (χ1) is 17.1. The van der Waals surface area contributed by atoms with Crippen LogP contribution >= 0.6 is 0 Å². The van der Waals surface area contributed by atoms with Gasteiger partial charge in [-0.15, -0.1) is 0 Å². The summed E-state index contributed by atoms with van der Waals surface area (Å²) in [5, 5.41) is 4.90. The predicted molar refractivity (Wildman–Crippen MR) is 137 cm³/mol. The standard InChI is InChI=1S/C29H28N2O4/c1-34-29(33)17-26(31-28(32)18-30)22-13-11-21(12-14-22)23-15-16-27(25-10-6-5-9-24(23)25)35-19-20-7-3-2-4-8-20/h2-16,26H,17-19,30H2,1H3,(H,31,32)/t26-/m0/s1. The smallest absolute Gasteiger partial charge is 0.307 e. The van der Waals surface area contributed by atoms with Gasteiger partial charge in [0.1, 0.15) is 12.4 Å². The van der Waals surface area contributed by atoms with Crippen LogP contribution in [0.1, 0.15) is 23.6 Å². The monoisotopic (exact) mass is 468 g/mol. The van der Waals surface area contributed by atoms with Gasteiger partial charge in [0, 0.05) is 5.39 Å². The molecule has 0 saturated heterocycles. The summed E-state index contributed by atoms with van der Waals surface area (Å²) in [5.74, 6) is 0.0843. The predicted octanol–water partition coefficient (Wildman–Crippen LogP) is 4.76. The molecule has 6 heteroatoms. The lowest BCUT2D eigenvalue weighted by Crippen LogP contribution is -2.35. The van der Waals surface area contributed by atoms with Gasteiger partial charge >= 0.3 is 5.97 Å². The van der Waals surface area contributed by atoms with Crippen LogP contribution in [-0.2, 0) is 20.9 Å². The van der Waals surface area contributed by atoms with Gasteiger partial charge in [-0.3, -0.25) is 9.59 Å². The molecular weight excluding hydrogens is 440 g/mol. The molecule has 4 aromatic carbocycles. The minimum absolute atomic E-state index is 0.0258. The highest BCUT2D eigenvalue weighted by atomic mass is 16.5. The number of nitrogens with one attached hydrogen (secondary N) is 1. The van der Waals surface area contributed by atoms with Gasteiger partial charge in [0.2, 0.25) is 5.91 Å². The average molecular weight is 469 g/mol. The maximum atomic E-state index is 11.9. The van der Waals surface area contributed by atoms with E-state index in [2.05, 4.69) is 23.5 Å². The second-order valence-electron chi connectivity index (χ2n) is 8.16. The molecule has 0 aliphatic rings. The molecule has 1 atom stereocenters. The van der Waals surface area contributed by atoms with Crippen molar-refractivity contribution in [2.24, 2.45) is 5.73 Å². The molecule has 0 fully saturated rings. The van der Waals surface area contributed by atoms with E-state index in [-0.39, 0.29) is 18.9 Å². The highest BCUT2D eigenvalue weighted by Crippen LogP contribution is 2.35. The summed E-state index contributed by atoms with van der Waals surface area (Å²) < 4.78 is 10.9. The SMILES string of the molecule is COC(=O)C[C@H](NC(=O)CN)c1ccc(-c2ccc(OCc3ccccc3)c3ccccc23)cc1. The third-order valence-corrected chi connectivity index (χ3v) is 5.86. The average Bonchev–Trinajstić information content (AvgIpc) is 2.91. The number of benzene rings is 4. The van der Waals surface area contributed by atoms with Crippen molar-refractivity contribution in [1.29, 1.82) is 0 Å². The molecule has 0 heterocycles. The minimum Gasteiger partial charge on any atom is -0.488 e. The van der Waals surface area contributed by atoms with Crippen molar-refractivity contribution in [2.45, 2.75) is 19.1 Å². The zero-order valence-corrected chi connectivity index (χ0v) is 19.6. The van der Waals surface area contributed by atoms with E-state index in [4.69, 9.17) is 15.2 Å². The Morgan fingerprint density at radius 1 is 0.857 bits per heavy atom. The molecule has 0 aliphatic carbocycles. The number of ether oxygens (including phenoxy) is 2. The number of rotatable bonds is 9. The number of carbonyl (C=O) groups is 2. The number of amides is 1. The molecule has 0 spiro atoms. The largest absolute Gasteiger partial charge is 0.488 e. The fourth-order valence-corrected chi connectivity index (χ4v) is 4.03. The van der Waals surface area contributed by atoms with Crippen LogP contribution in [0.5, 0.6) is 5.75 Å². The Morgan fingerprint density at radius 2 is 1.54 bits per heavy atom. The van der Waals surface area contributed by atoms with Crippen LogP contribution in [0, 0.1) is 0 Å². The molecule has 6 nitrogen and oxygen atoms in total. The van der Waals surface area contributed by atoms with Gasteiger partial charge in [0.05, 0.1) is 26.1 Å². The van der Waals surface area contributed by atoms with Gasteiger partial charge in [-0.1, -0.05) is 84.9 Å². The molecule has 3 N–H and O–H groups in total. The first-order valence-corrected chi connectivity index (χ1v) is 11.4. The lowest BCUT2D eigenvalue weighted by atomic mass is 9.95. The van der Waals surface area contributed by atoms with Crippen LogP contribution in [0.2, 0.25) is 0 Å². The van der Waals surface area contributed by atoms with Gasteiger partial charge < -0.3 is 20.5 Å². The number of esters is 1. The zero-order valence-electron chi connectivity index (χ0n) is 19.6. The summed E-state index contributed by atoms with van der Waals surface area (Å²) in [6.07, 6.45) is 0.0258. The Labute approximate surface area is 204 Å². The van der Waals surface area contributed by atoms with Crippen molar-refractivity contribution >= 4 is 22.6 Å². The summed E-state index contributed by atoms with van der Waals surface area (Å²) in [4.78, 5) is 23.7. The van der Waals surface area contributed by atoms with Crippen molar-refractivity contribution in [1.82, 2.24) is 5.32 Å². The molecule has 0 bridgehead atoms. The van der Waals surface area contributed by atoms with Crippen molar-refractivity contribution < 1.29 is 19.1 Å². The van der Waals surface area contributed by atoms with Crippen LogP contribution in [-0.4, -0.2) is 25.5 Å². The van der Waals surface area contributed by atoms with Crippen LogP contribution in [0.15, 0.2) is 91.0 Å². The fourth-order valence-electron chi connectivity index (χ4n) is 4.03. The van der Waals surface area contributed by atoms with E-state index < -0.39 is 12.0 Å². The Kier molecular flexibility index (Phi) is 7.75. The van der Waals surface area contributed by atoms with E-state index >= 15 is 0 Å².